The van der Waals surface area contributed by atoms with Crippen LogP contribution in [0.1, 0.15) is 47.5 Å². The molecule has 0 radical (unpaired) electrons. The summed E-state index contributed by atoms with van der Waals surface area (Å²) in [6.45, 7) is 11.4. The Balaban J connectivity index is 0. The fourth-order valence-corrected chi connectivity index (χ4v) is 1.12. The molecule has 1 unspecified atom stereocenters. The molecule has 12 heavy (non-hydrogen) atoms. The van der Waals surface area contributed by atoms with Crippen LogP contribution in [0.3, 0.4) is 0 Å². The molecule has 2 heteroatoms. The summed E-state index contributed by atoms with van der Waals surface area (Å²) >= 11 is 0. The Morgan fingerprint density at radius 1 is 1.25 bits per heavy atom. The van der Waals surface area contributed by atoms with Crippen molar-refractivity contribution in [1.82, 2.24) is 4.90 Å². The van der Waals surface area contributed by atoms with Crippen molar-refractivity contribution in [1.29, 1.82) is 0 Å². The van der Waals surface area contributed by atoms with Crippen LogP contribution in [0.5, 0.6) is 0 Å². The molecule has 0 aromatic carbocycles. The van der Waals surface area contributed by atoms with Crippen LogP contribution in [0.2, 0.25) is 0 Å². The van der Waals surface area contributed by atoms with Crippen molar-refractivity contribution in [3.05, 3.63) is 0 Å². The van der Waals surface area contributed by atoms with E-state index in [2.05, 4.69) is 46.6 Å². The molecule has 0 bridgehead atoms. The predicted octanol–water partition coefficient (Wildman–Crippen LogP) is 1.45. The highest BCUT2D eigenvalue weighted by molar-refractivity contribution is 5.75. The fourth-order valence-electron chi connectivity index (χ4n) is 1.12. The maximum atomic E-state index is 2.47. The van der Waals surface area contributed by atoms with E-state index in [0.717, 1.165) is 0 Å². The Bertz CT molecular complexity index is 112. The molecular weight excluding hydrogens is 162 g/mol. The van der Waals surface area contributed by atoms with Gasteiger partial charge in [0.15, 0.2) is 0 Å². The van der Waals surface area contributed by atoms with E-state index in [9.17, 15) is 0 Å². The summed E-state index contributed by atoms with van der Waals surface area (Å²) in [4.78, 5) is 2.47. The van der Waals surface area contributed by atoms with E-state index in [1.807, 2.05) is 0 Å². The molecule has 0 N–H and O–H groups in total. The summed E-state index contributed by atoms with van der Waals surface area (Å²) in [5.74, 6) is 0. The van der Waals surface area contributed by atoms with Gasteiger partial charge >= 0.3 is 0 Å². The molecule has 0 saturated heterocycles. The molecule has 0 fully saturated rings. The monoisotopic (exact) mass is 189 g/mol. The van der Waals surface area contributed by atoms with Crippen LogP contribution in [0.15, 0.2) is 0 Å². The van der Waals surface area contributed by atoms with Crippen LogP contribution >= 0.6 is 0 Å². The van der Waals surface area contributed by atoms with Crippen molar-refractivity contribution < 1.29 is 0 Å². The SMILES string of the molecule is CCC(C)N(C)C(C)(C)CC.[SiH4]. The number of nitrogens with zero attached hydrogens (tertiary/aromatic N) is 1. The number of rotatable bonds is 4. The van der Waals surface area contributed by atoms with E-state index in [1.165, 1.54) is 12.8 Å². The Labute approximate surface area is 82.6 Å². The molecule has 0 saturated carbocycles. The zero-order chi connectivity index (χ0) is 9.07. The standard InChI is InChI=1S/C10H23N.H4Si/c1-7-9(3)11(6)10(4,5)8-2;/h9H,7-8H2,1-6H3;1H4. The zero-order valence-electron chi connectivity index (χ0n) is 8.94. The van der Waals surface area contributed by atoms with Crippen molar-refractivity contribution >= 4 is 11.0 Å². The van der Waals surface area contributed by atoms with Crippen LogP contribution in [-0.4, -0.2) is 34.5 Å². The quantitative estimate of drug-likeness (QED) is 0.605. The Morgan fingerprint density at radius 2 is 1.67 bits per heavy atom. The molecule has 0 amide bonds. The first-order valence-corrected chi connectivity index (χ1v) is 4.68. The summed E-state index contributed by atoms with van der Waals surface area (Å²) in [5.41, 5.74) is 0.357. The van der Waals surface area contributed by atoms with Crippen LogP contribution in [0.25, 0.3) is 0 Å². The molecule has 0 heterocycles. The normalized spacial score (nSPS) is 14.2. The molecule has 0 aliphatic rings. The van der Waals surface area contributed by atoms with Crippen LogP contribution in [0.4, 0.5) is 0 Å². The molecule has 0 aromatic rings. The first kappa shape index (κ1) is 14.7. The van der Waals surface area contributed by atoms with Crippen molar-refractivity contribution in [3.63, 3.8) is 0 Å². The molecule has 1 nitrogen and oxygen atoms in total. The topological polar surface area (TPSA) is 3.24 Å². The van der Waals surface area contributed by atoms with Gasteiger partial charge in [0.2, 0.25) is 0 Å². The van der Waals surface area contributed by atoms with E-state index >= 15 is 0 Å². The third-order valence-electron chi connectivity index (χ3n) is 3.07. The van der Waals surface area contributed by atoms with E-state index in [0.29, 0.717) is 11.6 Å². The highest BCUT2D eigenvalue weighted by Gasteiger charge is 2.23. The summed E-state index contributed by atoms with van der Waals surface area (Å²) in [7, 11) is 2.22. The second-order valence-corrected chi connectivity index (χ2v) is 4.03. The molecule has 76 valence electrons. The highest BCUT2D eigenvalue weighted by Crippen LogP contribution is 2.19. The minimum absolute atomic E-state index is 0. The van der Waals surface area contributed by atoms with Crippen molar-refractivity contribution in [2.24, 2.45) is 0 Å². The molecule has 1 atom stereocenters. The predicted molar refractivity (Wildman–Crippen MR) is 63.2 cm³/mol. The van der Waals surface area contributed by atoms with Gasteiger partial charge in [0.1, 0.15) is 0 Å². The van der Waals surface area contributed by atoms with E-state index in [-0.39, 0.29) is 11.0 Å². The average Bonchev–Trinajstić information content (AvgIpc) is 2.01. The van der Waals surface area contributed by atoms with Crippen molar-refractivity contribution in [2.45, 2.75) is 59.0 Å². The van der Waals surface area contributed by atoms with Crippen LogP contribution in [-0.2, 0) is 0 Å². The molecule has 0 aliphatic heterocycles. The summed E-state index contributed by atoms with van der Waals surface area (Å²) in [6, 6.07) is 0.699. The molecule has 0 rings (SSSR count). The highest BCUT2D eigenvalue weighted by atomic mass is 28.1. The summed E-state index contributed by atoms with van der Waals surface area (Å²) < 4.78 is 0. The van der Waals surface area contributed by atoms with Crippen LogP contribution < -0.4 is 0 Å². The molecule has 0 aromatic heterocycles. The average molecular weight is 189 g/mol. The Morgan fingerprint density at radius 3 is 1.92 bits per heavy atom. The van der Waals surface area contributed by atoms with Crippen molar-refractivity contribution in [3.8, 4) is 0 Å². The largest absolute Gasteiger partial charge is 0.299 e. The van der Waals surface area contributed by atoms with Gasteiger partial charge in [-0.3, -0.25) is 4.90 Å². The van der Waals surface area contributed by atoms with Gasteiger partial charge in [-0.05, 0) is 51.6 Å². The first-order valence-electron chi connectivity index (χ1n) is 4.68. The van der Waals surface area contributed by atoms with Gasteiger partial charge < -0.3 is 0 Å². The van der Waals surface area contributed by atoms with E-state index < -0.39 is 0 Å². The first-order chi connectivity index (χ1) is 4.95. The summed E-state index contributed by atoms with van der Waals surface area (Å²) in [5, 5.41) is 0. The molecule has 0 spiro atoms. The number of hydrogen-bond donors (Lipinski definition) is 0. The fraction of sp³-hybridized carbons (Fsp3) is 1.00. The third-order valence-corrected chi connectivity index (χ3v) is 3.07. The molecule has 0 aliphatic carbocycles. The molecular formula is C10H27NSi. The van der Waals surface area contributed by atoms with Gasteiger partial charge in [-0.2, -0.15) is 0 Å². The lowest BCUT2D eigenvalue weighted by Crippen LogP contribution is -2.45. The van der Waals surface area contributed by atoms with Gasteiger partial charge in [0.25, 0.3) is 0 Å². The summed E-state index contributed by atoms with van der Waals surface area (Å²) in [6.07, 6.45) is 2.45. The third kappa shape index (κ3) is 3.72. The lowest BCUT2D eigenvalue weighted by atomic mass is 9.97. The van der Waals surface area contributed by atoms with E-state index in [1.54, 1.807) is 0 Å². The second-order valence-electron chi connectivity index (χ2n) is 4.03. The van der Waals surface area contributed by atoms with Gasteiger partial charge in [-0.25, -0.2) is 0 Å². The van der Waals surface area contributed by atoms with Crippen molar-refractivity contribution in [2.75, 3.05) is 7.05 Å². The minimum atomic E-state index is 0. The minimum Gasteiger partial charge on any atom is -0.299 e. The maximum absolute atomic E-state index is 2.47. The Hall–Kier alpha value is 0.177. The van der Waals surface area contributed by atoms with E-state index in [4.69, 9.17) is 0 Å². The van der Waals surface area contributed by atoms with Gasteiger partial charge in [-0.1, -0.05) is 13.8 Å². The van der Waals surface area contributed by atoms with Crippen LogP contribution in [0, 0.1) is 0 Å². The van der Waals surface area contributed by atoms with Gasteiger partial charge in [0, 0.05) is 11.6 Å². The number of hydrogen-bond acceptors (Lipinski definition) is 1. The van der Waals surface area contributed by atoms with Gasteiger partial charge in [-0.15, -0.1) is 0 Å². The second kappa shape index (κ2) is 5.76. The zero-order valence-corrected chi connectivity index (χ0v) is 8.94. The maximum Gasteiger partial charge on any atom is 0.0150 e. The lowest BCUT2D eigenvalue weighted by molar-refractivity contribution is 0.104. The van der Waals surface area contributed by atoms with Gasteiger partial charge in [0.05, 0.1) is 0 Å². The smallest absolute Gasteiger partial charge is 0.0150 e. The lowest BCUT2D eigenvalue weighted by Gasteiger charge is -2.39. The Kier molecular flexibility index (Phi) is 7.05.